The Morgan fingerprint density at radius 1 is 1.07 bits per heavy atom. The summed E-state index contributed by atoms with van der Waals surface area (Å²) >= 11 is 0. The van der Waals surface area contributed by atoms with Crippen LogP contribution in [0.4, 0.5) is 24.8 Å². The molecule has 0 unspecified atom stereocenters. The molecule has 3 rings (SSSR count). The fraction of sp³-hybridized carbons (Fsp3) is 0.375. The van der Waals surface area contributed by atoms with E-state index >= 15 is 0 Å². The normalized spacial score (nSPS) is 16.4. The van der Waals surface area contributed by atoms with E-state index in [9.17, 15) is 21.6 Å². The molecule has 1 aliphatic heterocycles. The SMILES string of the molecule is Cc1cccc(NS(=O)(=O)N2CCN(c3ncccc3C(F)(F)F)CC2)n1. The van der Waals surface area contributed by atoms with Crippen molar-refractivity contribution in [2.24, 2.45) is 0 Å². The molecule has 3 heterocycles. The van der Waals surface area contributed by atoms with Crippen molar-refractivity contribution in [3.05, 3.63) is 47.8 Å². The van der Waals surface area contributed by atoms with Gasteiger partial charge in [0.15, 0.2) is 0 Å². The topological polar surface area (TPSA) is 78.4 Å². The average molecular weight is 401 g/mol. The first kappa shape index (κ1) is 19.4. The van der Waals surface area contributed by atoms with Gasteiger partial charge < -0.3 is 4.90 Å². The van der Waals surface area contributed by atoms with Gasteiger partial charge in [0.25, 0.3) is 0 Å². The van der Waals surface area contributed by atoms with Crippen LogP contribution in [0.1, 0.15) is 11.3 Å². The number of aryl methyl sites for hydroxylation is 1. The van der Waals surface area contributed by atoms with Crippen molar-refractivity contribution in [2.45, 2.75) is 13.1 Å². The number of piperazine rings is 1. The fourth-order valence-corrected chi connectivity index (χ4v) is 3.96. The van der Waals surface area contributed by atoms with Gasteiger partial charge in [0.05, 0.1) is 5.56 Å². The van der Waals surface area contributed by atoms with Crippen molar-refractivity contribution in [2.75, 3.05) is 35.8 Å². The van der Waals surface area contributed by atoms with Crippen LogP contribution in [0.15, 0.2) is 36.5 Å². The molecule has 2 aromatic rings. The Hall–Kier alpha value is -2.40. The van der Waals surface area contributed by atoms with E-state index in [0.717, 1.165) is 6.07 Å². The highest BCUT2D eigenvalue weighted by atomic mass is 32.2. The zero-order valence-electron chi connectivity index (χ0n) is 14.4. The van der Waals surface area contributed by atoms with E-state index in [1.165, 1.54) is 27.5 Å². The van der Waals surface area contributed by atoms with Crippen LogP contribution in [0.3, 0.4) is 0 Å². The summed E-state index contributed by atoms with van der Waals surface area (Å²) in [7, 11) is -3.85. The van der Waals surface area contributed by atoms with Crippen LogP contribution < -0.4 is 9.62 Å². The Morgan fingerprint density at radius 2 is 1.78 bits per heavy atom. The predicted molar refractivity (Wildman–Crippen MR) is 94.5 cm³/mol. The number of aromatic nitrogens is 2. The third-order valence-corrected chi connectivity index (χ3v) is 5.60. The molecule has 0 aromatic carbocycles. The molecule has 1 saturated heterocycles. The van der Waals surface area contributed by atoms with Gasteiger partial charge in [-0.2, -0.15) is 25.9 Å². The van der Waals surface area contributed by atoms with Gasteiger partial charge in [0, 0.05) is 38.1 Å². The van der Waals surface area contributed by atoms with Gasteiger partial charge in [-0.1, -0.05) is 6.07 Å². The Bertz CT molecular complexity index is 912. The first-order valence-electron chi connectivity index (χ1n) is 8.15. The first-order valence-corrected chi connectivity index (χ1v) is 9.59. The van der Waals surface area contributed by atoms with Crippen molar-refractivity contribution in [3.63, 3.8) is 0 Å². The number of hydrogen-bond donors (Lipinski definition) is 1. The second kappa shape index (κ2) is 7.31. The summed E-state index contributed by atoms with van der Waals surface area (Å²) in [5.41, 5.74) is -0.168. The molecular weight excluding hydrogens is 383 g/mol. The monoisotopic (exact) mass is 401 g/mol. The number of rotatable bonds is 4. The molecule has 1 aliphatic rings. The Balaban J connectivity index is 1.70. The zero-order valence-corrected chi connectivity index (χ0v) is 15.3. The summed E-state index contributed by atoms with van der Waals surface area (Å²) in [6, 6.07) is 7.14. The average Bonchev–Trinajstić information content (AvgIpc) is 2.61. The summed E-state index contributed by atoms with van der Waals surface area (Å²) in [5, 5.41) is 0. The first-order chi connectivity index (χ1) is 12.7. The molecule has 0 bridgehead atoms. The second-order valence-electron chi connectivity index (χ2n) is 6.03. The highest BCUT2D eigenvalue weighted by Gasteiger charge is 2.37. The molecule has 146 valence electrons. The molecule has 2 aromatic heterocycles. The number of nitrogens with zero attached hydrogens (tertiary/aromatic N) is 4. The number of halogens is 3. The molecule has 0 radical (unpaired) electrons. The lowest BCUT2D eigenvalue weighted by atomic mass is 10.2. The molecule has 0 atom stereocenters. The third-order valence-electron chi connectivity index (χ3n) is 4.09. The van der Waals surface area contributed by atoms with Crippen molar-refractivity contribution in [1.29, 1.82) is 0 Å². The highest BCUT2D eigenvalue weighted by molar-refractivity contribution is 7.90. The highest BCUT2D eigenvalue weighted by Crippen LogP contribution is 2.35. The minimum atomic E-state index is -4.52. The molecule has 0 amide bonds. The summed E-state index contributed by atoms with van der Waals surface area (Å²) in [4.78, 5) is 9.38. The zero-order chi connectivity index (χ0) is 19.7. The van der Waals surface area contributed by atoms with Crippen molar-refractivity contribution < 1.29 is 21.6 Å². The fourth-order valence-electron chi connectivity index (χ4n) is 2.81. The van der Waals surface area contributed by atoms with E-state index < -0.39 is 21.9 Å². The Labute approximate surface area is 155 Å². The van der Waals surface area contributed by atoms with Gasteiger partial charge in [-0.05, 0) is 31.2 Å². The van der Waals surface area contributed by atoms with Gasteiger partial charge in [-0.15, -0.1) is 0 Å². The maximum Gasteiger partial charge on any atom is 0.419 e. The van der Waals surface area contributed by atoms with Crippen LogP contribution in [-0.4, -0.2) is 48.9 Å². The van der Waals surface area contributed by atoms with Crippen molar-refractivity contribution in [3.8, 4) is 0 Å². The van der Waals surface area contributed by atoms with Crippen molar-refractivity contribution >= 4 is 21.8 Å². The van der Waals surface area contributed by atoms with Crippen LogP contribution >= 0.6 is 0 Å². The number of anilines is 2. The standard InChI is InChI=1S/C16H18F3N5O2S/c1-12-4-2-6-14(21-12)22-27(25,26)24-10-8-23(9-11-24)15-13(16(17,18)19)5-3-7-20-15/h2-7H,8-11H2,1H3,(H,21,22). The number of hydrogen-bond acceptors (Lipinski definition) is 5. The second-order valence-corrected chi connectivity index (χ2v) is 7.70. The minimum Gasteiger partial charge on any atom is -0.353 e. The van der Waals surface area contributed by atoms with Crippen LogP contribution in [-0.2, 0) is 16.4 Å². The summed E-state index contributed by atoms with van der Waals surface area (Å²) in [5.74, 6) is 0.0110. The predicted octanol–water partition coefficient (Wildman–Crippen LogP) is 2.28. The summed E-state index contributed by atoms with van der Waals surface area (Å²) < 4.78 is 68.0. The largest absolute Gasteiger partial charge is 0.419 e. The number of alkyl halides is 3. The Morgan fingerprint density at radius 3 is 2.41 bits per heavy atom. The maximum atomic E-state index is 13.2. The van der Waals surface area contributed by atoms with E-state index in [1.807, 2.05) is 0 Å². The van der Waals surface area contributed by atoms with Crippen LogP contribution in [0, 0.1) is 6.92 Å². The molecule has 7 nitrogen and oxygen atoms in total. The molecule has 0 spiro atoms. The van der Waals surface area contributed by atoms with Gasteiger partial charge >= 0.3 is 16.4 Å². The Kier molecular flexibility index (Phi) is 5.24. The summed E-state index contributed by atoms with van der Waals surface area (Å²) in [6.07, 6.45) is -3.23. The lowest BCUT2D eigenvalue weighted by molar-refractivity contribution is -0.137. The van der Waals surface area contributed by atoms with E-state index in [-0.39, 0.29) is 37.8 Å². The van der Waals surface area contributed by atoms with Gasteiger partial charge in [0.2, 0.25) is 0 Å². The van der Waals surface area contributed by atoms with E-state index in [1.54, 1.807) is 19.1 Å². The molecule has 11 heteroatoms. The molecule has 0 saturated carbocycles. The minimum absolute atomic E-state index is 0.0367. The smallest absolute Gasteiger partial charge is 0.353 e. The molecule has 0 aliphatic carbocycles. The van der Waals surface area contributed by atoms with Gasteiger partial charge in [0.1, 0.15) is 11.6 Å². The third kappa shape index (κ3) is 4.48. The van der Waals surface area contributed by atoms with Gasteiger partial charge in [-0.3, -0.25) is 4.72 Å². The van der Waals surface area contributed by atoms with E-state index in [2.05, 4.69) is 14.7 Å². The molecular formula is C16H18F3N5O2S. The number of nitrogens with one attached hydrogen (secondary N) is 1. The lowest BCUT2D eigenvalue weighted by Crippen LogP contribution is -2.50. The van der Waals surface area contributed by atoms with Crippen LogP contribution in [0.2, 0.25) is 0 Å². The maximum absolute atomic E-state index is 13.2. The van der Waals surface area contributed by atoms with Gasteiger partial charge in [-0.25, -0.2) is 9.97 Å². The quantitative estimate of drug-likeness (QED) is 0.851. The van der Waals surface area contributed by atoms with Crippen LogP contribution in [0.25, 0.3) is 0 Å². The molecule has 1 N–H and O–H groups in total. The van der Waals surface area contributed by atoms with E-state index in [0.29, 0.717) is 5.69 Å². The number of pyridine rings is 2. The van der Waals surface area contributed by atoms with Crippen LogP contribution in [0.5, 0.6) is 0 Å². The van der Waals surface area contributed by atoms with Crippen molar-refractivity contribution in [1.82, 2.24) is 14.3 Å². The molecule has 1 fully saturated rings. The van der Waals surface area contributed by atoms with E-state index in [4.69, 9.17) is 0 Å². The molecule has 27 heavy (non-hydrogen) atoms. The summed E-state index contributed by atoms with van der Waals surface area (Å²) in [6.45, 7) is 2.01. The lowest BCUT2D eigenvalue weighted by Gasteiger charge is -2.35.